The summed E-state index contributed by atoms with van der Waals surface area (Å²) >= 11 is 1.69. The third kappa shape index (κ3) is 3.12. The highest BCUT2D eigenvalue weighted by molar-refractivity contribution is 7.98. The van der Waals surface area contributed by atoms with Gasteiger partial charge >= 0.3 is 5.69 Å². The second kappa shape index (κ2) is 5.90. The zero-order valence-electron chi connectivity index (χ0n) is 10.6. The third-order valence-corrected chi connectivity index (χ3v) is 2.94. The number of nitrogens with one attached hydrogen (secondary N) is 1. The molecule has 6 nitrogen and oxygen atoms in total. The van der Waals surface area contributed by atoms with Gasteiger partial charge in [-0.15, -0.1) is 0 Å². The molecule has 0 aromatic carbocycles. The minimum absolute atomic E-state index is 0.0832. The van der Waals surface area contributed by atoms with Crippen LogP contribution in [-0.4, -0.2) is 33.3 Å². The van der Waals surface area contributed by atoms with Gasteiger partial charge in [0, 0.05) is 18.3 Å². The number of nitrogens with zero attached hydrogens (tertiary/aromatic N) is 3. The number of aryl methyl sites for hydroxylation is 1. The van der Waals surface area contributed by atoms with Gasteiger partial charge in [-0.3, -0.25) is 10.1 Å². The van der Waals surface area contributed by atoms with Crippen LogP contribution in [0.2, 0.25) is 0 Å². The summed E-state index contributed by atoms with van der Waals surface area (Å²) in [7, 11) is 0. The summed E-state index contributed by atoms with van der Waals surface area (Å²) in [4.78, 5) is 10.6. The number of anilines is 1. The van der Waals surface area contributed by atoms with E-state index in [2.05, 4.69) is 10.4 Å². The van der Waals surface area contributed by atoms with Crippen LogP contribution < -0.4 is 5.32 Å². The highest BCUT2D eigenvalue weighted by atomic mass is 32.2. The van der Waals surface area contributed by atoms with Crippen LogP contribution in [-0.2, 0) is 0 Å². The number of thioether (sulfide) groups is 1. The molecule has 0 aliphatic carbocycles. The molecular weight excluding hydrogens is 240 g/mol. The monoisotopic (exact) mass is 258 g/mol. The maximum atomic E-state index is 11.0. The predicted octanol–water partition coefficient (Wildman–Crippen LogP) is 2.46. The fourth-order valence-electron chi connectivity index (χ4n) is 1.57. The van der Waals surface area contributed by atoms with E-state index in [9.17, 15) is 10.1 Å². The lowest BCUT2D eigenvalue weighted by Crippen LogP contribution is -2.13. The molecule has 0 fully saturated rings. The molecule has 0 amide bonds. The fourth-order valence-corrected chi connectivity index (χ4v) is 1.87. The Kier molecular flexibility index (Phi) is 4.80. The average molecular weight is 258 g/mol. The van der Waals surface area contributed by atoms with Gasteiger partial charge in [0.1, 0.15) is 5.69 Å². The summed E-state index contributed by atoms with van der Waals surface area (Å²) in [6.07, 6.45) is 2.00. The summed E-state index contributed by atoms with van der Waals surface area (Å²) in [5.41, 5.74) is 0.537. The molecule has 1 aromatic rings. The van der Waals surface area contributed by atoms with Crippen LogP contribution in [0.5, 0.6) is 0 Å². The van der Waals surface area contributed by atoms with Crippen molar-refractivity contribution in [2.24, 2.45) is 0 Å². The highest BCUT2D eigenvalue weighted by Gasteiger charge is 2.25. The third-order valence-electron chi connectivity index (χ3n) is 2.32. The van der Waals surface area contributed by atoms with Crippen LogP contribution >= 0.6 is 11.8 Å². The topological polar surface area (TPSA) is 73.0 Å². The minimum Gasteiger partial charge on any atom is -0.364 e. The Morgan fingerprint density at radius 1 is 1.59 bits per heavy atom. The van der Waals surface area contributed by atoms with Crippen LogP contribution in [0.25, 0.3) is 0 Å². The molecule has 0 saturated carbocycles. The molecule has 17 heavy (non-hydrogen) atoms. The van der Waals surface area contributed by atoms with E-state index in [0.717, 1.165) is 5.75 Å². The first-order valence-electron chi connectivity index (χ1n) is 5.45. The lowest BCUT2D eigenvalue weighted by atomic mass is 10.3. The van der Waals surface area contributed by atoms with Gasteiger partial charge in [-0.2, -0.15) is 16.9 Å². The Balaban J connectivity index is 3.07. The second-order valence-electron chi connectivity index (χ2n) is 4.00. The zero-order chi connectivity index (χ0) is 13.0. The lowest BCUT2D eigenvalue weighted by molar-refractivity contribution is -0.384. The molecule has 0 spiro atoms. The maximum Gasteiger partial charge on any atom is 0.333 e. The summed E-state index contributed by atoms with van der Waals surface area (Å²) in [6.45, 7) is 6.27. The molecule has 0 aliphatic heterocycles. The molecule has 1 heterocycles. The highest BCUT2D eigenvalue weighted by Crippen LogP contribution is 2.30. The van der Waals surface area contributed by atoms with Crippen molar-refractivity contribution in [3.05, 3.63) is 15.8 Å². The molecule has 7 heteroatoms. The number of hydrogen-bond acceptors (Lipinski definition) is 5. The molecule has 96 valence electrons. The number of hydrogen-bond donors (Lipinski definition) is 1. The SMILES string of the molecule is CSCCNc1c([N+](=O)[O-])c(C)nn1C(C)C. The van der Waals surface area contributed by atoms with Crippen molar-refractivity contribution in [2.75, 3.05) is 23.9 Å². The van der Waals surface area contributed by atoms with Gasteiger partial charge in [-0.25, -0.2) is 4.68 Å². The zero-order valence-corrected chi connectivity index (χ0v) is 11.4. The minimum atomic E-state index is -0.372. The molecule has 0 atom stereocenters. The van der Waals surface area contributed by atoms with Crippen LogP contribution in [0, 0.1) is 17.0 Å². The number of aromatic nitrogens is 2. The van der Waals surface area contributed by atoms with Crippen LogP contribution in [0.1, 0.15) is 25.6 Å². The summed E-state index contributed by atoms with van der Waals surface area (Å²) in [6, 6.07) is 0.0965. The molecule has 1 N–H and O–H groups in total. The maximum absolute atomic E-state index is 11.0. The molecular formula is C10H18N4O2S. The molecule has 1 aromatic heterocycles. The first kappa shape index (κ1) is 13.8. The smallest absolute Gasteiger partial charge is 0.333 e. The molecule has 0 bridgehead atoms. The first-order valence-corrected chi connectivity index (χ1v) is 6.84. The van der Waals surface area contributed by atoms with Crippen molar-refractivity contribution in [3.8, 4) is 0 Å². The van der Waals surface area contributed by atoms with Crippen molar-refractivity contribution in [2.45, 2.75) is 26.8 Å². The van der Waals surface area contributed by atoms with Crippen molar-refractivity contribution >= 4 is 23.3 Å². The van der Waals surface area contributed by atoms with Crippen molar-refractivity contribution < 1.29 is 4.92 Å². The lowest BCUT2D eigenvalue weighted by Gasteiger charge is -2.11. The van der Waals surface area contributed by atoms with E-state index in [4.69, 9.17) is 0 Å². The van der Waals surface area contributed by atoms with Crippen molar-refractivity contribution in [1.29, 1.82) is 0 Å². The second-order valence-corrected chi connectivity index (χ2v) is 4.98. The first-order chi connectivity index (χ1) is 7.99. The van der Waals surface area contributed by atoms with E-state index in [1.54, 1.807) is 23.4 Å². The van der Waals surface area contributed by atoms with Crippen LogP contribution in [0.4, 0.5) is 11.5 Å². The van der Waals surface area contributed by atoms with E-state index < -0.39 is 0 Å². The van der Waals surface area contributed by atoms with Crippen LogP contribution in [0.3, 0.4) is 0 Å². The van der Waals surface area contributed by atoms with Gasteiger partial charge in [0.2, 0.25) is 5.82 Å². The molecule has 1 rings (SSSR count). The molecule has 0 unspecified atom stereocenters. The van der Waals surface area contributed by atoms with Gasteiger partial charge in [0.15, 0.2) is 0 Å². The predicted molar refractivity (Wildman–Crippen MR) is 70.9 cm³/mol. The van der Waals surface area contributed by atoms with Gasteiger partial charge in [0.25, 0.3) is 0 Å². The Morgan fingerprint density at radius 3 is 2.71 bits per heavy atom. The largest absolute Gasteiger partial charge is 0.364 e. The van der Waals surface area contributed by atoms with Crippen molar-refractivity contribution in [3.63, 3.8) is 0 Å². The van der Waals surface area contributed by atoms with Gasteiger partial charge < -0.3 is 5.32 Å². The Hall–Kier alpha value is -1.24. The van der Waals surface area contributed by atoms with Crippen LogP contribution in [0.15, 0.2) is 0 Å². The van der Waals surface area contributed by atoms with E-state index in [1.165, 1.54) is 0 Å². The van der Waals surface area contributed by atoms with E-state index >= 15 is 0 Å². The average Bonchev–Trinajstić information content (AvgIpc) is 2.56. The summed E-state index contributed by atoms with van der Waals surface area (Å²) < 4.78 is 1.67. The quantitative estimate of drug-likeness (QED) is 0.482. The fraction of sp³-hybridized carbons (Fsp3) is 0.700. The molecule has 0 aliphatic rings. The van der Waals surface area contributed by atoms with E-state index in [-0.39, 0.29) is 16.7 Å². The Morgan fingerprint density at radius 2 is 2.24 bits per heavy atom. The van der Waals surface area contributed by atoms with Crippen molar-refractivity contribution in [1.82, 2.24) is 9.78 Å². The molecule has 0 radical (unpaired) electrons. The van der Waals surface area contributed by atoms with E-state index in [1.807, 2.05) is 20.1 Å². The normalized spacial score (nSPS) is 10.9. The summed E-state index contributed by atoms with van der Waals surface area (Å²) in [5.74, 6) is 1.41. The Bertz CT molecular complexity index is 403. The molecule has 0 saturated heterocycles. The standard InChI is InChI=1S/C10H18N4O2S/c1-7(2)13-10(11-5-6-17-4)9(14(15)16)8(3)12-13/h7,11H,5-6H2,1-4H3. The van der Waals surface area contributed by atoms with Gasteiger partial charge in [-0.05, 0) is 27.0 Å². The Labute approximate surface area is 105 Å². The number of rotatable bonds is 6. The van der Waals surface area contributed by atoms with Gasteiger partial charge in [-0.1, -0.05) is 0 Å². The van der Waals surface area contributed by atoms with E-state index in [0.29, 0.717) is 18.1 Å². The van der Waals surface area contributed by atoms with Gasteiger partial charge in [0.05, 0.1) is 4.92 Å². The summed E-state index contributed by atoms with van der Waals surface area (Å²) in [5, 5.41) is 18.3. The number of nitro groups is 1.